The third kappa shape index (κ3) is 6.19. The number of nitrogens with one attached hydrogen (secondary N) is 1. The number of aliphatic imine (C=N–C) groups is 1. The van der Waals surface area contributed by atoms with E-state index in [1.165, 1.54) is 7.11 Å². The number of fused-ring (bicyclic) bond motifs is 1. The lowest BCUT2D eigenvalue weighted by atomic mass is 9.91. The number of esters is 1. The van der Waals surface area contributed by atoms with E-state index in [0.29, 0.717) is 47.2 Å². The van der Waals surface area contributed by atoms with Gasteiger partial charge >= 0.3 is 12.0 Å². The first kappa shape index (κ1) is 25.6. The van der Waals surface area contributed by atoms with Crippen molar-refractivity contribution in [2.75, 3.05) is 20.2 Å². The lowest BCUT2D eigenvalue weighted by molar-refractivity contribution is -0.140. The van der Waals surface area contributed by atoms with Gasteiger partial charge in [0.2, 0.25) is 0 Å². The fraction of sp³-hybridized carbons (Fsp3) is 0.520. The monoisotopic (exact) mass is 518 g/mol. The average Bonchev–Trinajstić information content (AvgIpc) is 3.23. The van der Waals surface area contributed by atoms with Crippen LogP contribution in [0.3, 0.4) is 0 Å². The molecule has 1 aliphatic carbocycles. The molecular formula is C25H31ClN4O4S. The van der Waals surface area contributed by atoms with Gasteiger partial charge in [0, 0.05) is 29.3 Å². The van der Waals surface area contributed by atoms with Gasteiger partial charge in [0.1, 0.15) is 5.82 Å². The number of methoxy groups -OCH3 is 1. The number of carbonyl (C=O) groups excluding carboxylic acids is 3. The van der Waals surface area contributed by atoms with Gasteiger partial charge in [-0.1, -0.05) is 23.7 Å². The van der Waals surface area contributed by atoms with Gasteiger partial charge in [-0.25, -0.2) is 4.79 Å². The van der Waals surface area contributed by atoms with Gasteiger partial charge in [0.25, 0.3) is 0 Å². The number of hydrogen-bond acceptors (Lipinski definition) is 7. The first-order valence-electron chi connectivity index (χ1n) is 11.9. The molecule has 0 spiro atoms. The Morgan fingerprint density at radius 1 is 1.31 bits per heavy atom. The highest BCUT2D eigenvalue weighted by Gasteiger charge is 2.38. The van der Waals surface area contributed by atoms with E-state index in [4.69, 9.17) is 21.3 Å². The molecule has 4 rings (SSSR count). The van der Waals surface area contributed by atoms with Gasteiger partial charge in [-0.15, -0.1) is 11.8 Å². The van der Waals surface area contributed by atoms with Gasteiger partial charge in [-0.2, -0.15) is 0 Å². The number of rotatable bonds is 9. The highest BCUT2D eigenvalue weighted by atomic mass is 35.5. The zero-order valence-corrected chi connectivity index (χ0v) is 21.6. The van der Waals surface area contributed by atoms with Crippen LogP contribution in [0.2, 0.25) is 5.02 Å². The minimum atomic E-state index is -0.319. The second-order valence-corrected chi connectivity index (χ2v) is 11.0. The van der Waals surface area contributed by atoms with Crippen LogP contribution in [-0.2, 0) is 20.9 Å². The van der Waals surface area contributed by atoms with Crippen molar-refractivity contribution < 1.29 is 19.1 Å². The number of hydrogen-bond donors (Lipinski definition) is 1. The zero-order chi connectivity index (χ0) is 24.9. The molecule has 2 amide bonds. The van der Waals surface area contributed by atoms with Crippen molar-refractivity contribution in [1.29, 1.82) is 0 Å². The van der Waals surface area contributed by atoms with Crippen LogP contribution in [0.25, 0.3) is 0 Å². The molecule has 1 saturated carbocycles. The molecule has 1 N–H and O–H groups in total. The second kappa shape index (κ2) is 11.5. The van der Waals surface area contributed by atoms with Crippen LogP contribution in [0.5, 0.6) is 0 Å². The van der Waals surface area contributed by atoms with E-state index >= 15 is 0 Å². The molecule has 3 atom stereocenters. The van der Waals surface area contributed by atoms with Gasteiger partial charge < -0.3 is 15.0 Å². The van der Waals surface area contributed by atoms with E-state index in [0.717, 1.165) is 36.2 Å². The van der Waals surface area contributed by atoms with Gasteiger partial charge in [0.15, 0.2) is 6.29 Å². The Labute approximate surface area is 215 Å². The fourth-order valence-electron chi connectivity index (χ4n) is 4.86. The molecule has 2 heterocycles. The fourth-order valence-corrected chi connectivity index (χ4v) is 6.30. The summed E-state index contributed by atoms with van der Waals surface area (Å²) in [5.74, 6) is 0.258. The molecule has 1 aromatic carbocycles. The first-order valence-corrected chi connectivity index (χ1v) is 13.2. The Hall–Kier alpha value is -2.52. The standard InChI is InChI=1S/C25H31ClN4O4S/c1-16-27-21-10-9-20(12-22(21)35-16)28-24-18(15-31)14-29(11-3-4-23(32)34-2)25(33)30(24)13-17-5-7-19(26)8-6-17/h5-8,15,20-22,28H,3-4,9-14H2,1-2H3. The van der Waals surface area contributed by atoms with Crippen molar-refractivity contribution in [1.82, 2.24) is 15.1 Å². The SMILES string of the molecule is COC(=O)CCCN1CC(C=O)=C(NC2CCC3N=C(C)SC3C2)N(Cc2ccc(Cl)cc2)C1=O. The Bertz CT molecular complexity index is 1030. The van der Waals surface area contributed by atoms with Gasteiger partial charge in [-0.05, 0) is 50.3 Å². The third-order valence-electron chi connectivity index (χ3n) is 6.64. The van der Waals surface area contributed by atoms with E-state index in [1.54, 1.807) is 21.9 Å². The number of thioether (sulfide) groups is 1. The van der Waals surface area contributed by atoms with Crippen molar-refractivity contribution in [3.8, 4) is 0 Å². The number of nitrogens with zero attached hydrogens (tertiary/aromatic N) is 3. The molecule has 2 aliphatic heterocycles. The highest BCUT2D eigenvalue weighted by Crippen LogP contribution is 2.37. The van der Waals surface area contributed by atoms with Crippen LogP contribution >= 0.6 is 23.4 Å². The van der Waals surface area contributed by atoms with Crippen LogP contribution < -0.4 is 5.32 Å². The quantitative estimate of drug-likeness (QED) is 0.392. The normalized spacial score (nSPS) is 24.3. The summed E-state index contributed by atoms with van der Waals surface area (Å²) >= 11 is 7.88. The highest BCUT2D eigenvalue weighted by molar-refractivity contribution is 8.14. The summed E-state index contributed by atoms with van der Waals surface area (Å²) in [4.78, 5) is 45.3. The zero-order valence-electron chi connectivity index (χ0n) is 20.0. The summed E-state index contributed by atoms with van der Waals surface area (Å²) in [6.07, 6.45) is 4.36. The maximum absolute atomic E-state index is 13.6. The minimum absolute atomic E-state index is 0.154. The molecule has 1 fully saturated rings. The topological polar surface area (TPSA) is 91.3 Å². The Morgan fingerprint density at radius 2 is 2.09 bits per heavy atom. The Balaban J connectivity index is 1.54. The molecule has 0 saturated heterocycles. The number of halogens is 1. The minimum Gasteiger partial charge on any atom is -0.469 e. The van der Waals surface area contributed by atoms with E-state index in [-0.39, 0.29) is 31.0 Å². The molecule has 0 radical (unpaired) electrons. The predicted molar refractivity (Wildman–Crippen MR) is 137 cm³/mol. The molecular weight excluding hydrogens is 488 g/mol. The van der Waals surface area contributed by atoms with Crippen LogP contribution in [0, 0.1) is 0 Å². The number of carbonyl (C=O) groups is 3. The molecule has 10 heteroatoms. The largest absolute Gasteiger partial charge is 0.469 e. The van der Waals surface area contributed by atoms with Crippen molar-refractivity contribution in [2.45, 2.75) is 62.9 Å². The number of amides is 2. The number of aldehydes is 1. The van der Waals surface area contributed by atoms with E-state index in [9.17, 15) is 14.4 Å². The molecule has 8 nitrogen and oxygen atoms in total. The van der Waals surface area contributed by atoms with Crippen LogP contribution in [0.4, 0.5) is 4.79 Å². The summed E-state index contributed by atoms with van der Waals surface area (Å²) in [6, 6.07) is 7.66. The van der Waals surface area contributed by atoms with E-state index in [2.05, 4.69) is 12.2 Å². The summed E-state index contributed by atoms with van der Waals surface area (Å²) in [7, 11) is 1.35. The average molecular weight is 519 g/mol. The van der Waals surface area contributed by atoms with Gasteiger partial charge in [-0.3, -0.25) is 19.5 Å². The lowest BCUT2D eigenvalue weighted by Gasteiger charge is -2.40. The van der Waals surface area contributed by atoms with Gasteiger partial charge in [0.05, 0.1) is 36.9 Å². The van der Waals surface area contributed by atoms with Crippen molar-refractivity contribution in [3.63, 3.8) is 0 Å². The maximum atomic E-state index is 13.6. The smallest absolute Gasteiger partial charge is 0.326 e. The summed E-state index contributed by atoms with van der Waals surface area (Å²) < 4.78 is 4.71. The molecule has 1 aromatic rings. The number of ether oxygens (including phenoxy) is 1. The predicted octanol–water partition coefficient (Wildman–Crippen LogP) is 3.99. The lowest BCUT2D eigenvalue weighted by Crippen LogP contribution is -2.53. The van der Waals surface area contributed by atoms with Crippen molar-refractivity contribution >= 4 is 46.7 Å². The summed E-state index contributed by atoms with van der Waals surface area (Å²) in [5, 5.41) is 5.75. The summed E-state index contributed by atoms with van der Waals surface area (Å²) in [5.41, 5.74) is 1.44. The molecule has 0 bridgehead atoms. The first-order chi connectivity index (χ1) is 16.9. The van der Waals surface area contributed by atoms with Crippen LogP contribution in [0.1, 0.15) is 44.6 Å². The Kier molecular flexibility index (Phi) is 8.38. The van der Waals surface area contributed by atoms with Crippen LogP contribution in [-0.4, -0.2) is 70.7 Å². The van der Waals surface area contributed by atoms with Crippen LogP contribution in [0.15, 0.2) is 40.7 Å². The second-order valence-electron chi connectivity index (χ2n) is 9.11. The molecule has 188 valence electrons. The molecule has 3 aliphatic rings. The van der Waals surface area contributed by atoms with E-state index in [1.807, 2.05) is 23.9 Å². The van der Waals surface area contributed by atoms with E-state index < -0.39 is 0 Å². The number of benzene rings is 1. The third-order valence-corrected chi connectivity index (χ3v) is 8.14. The molecule has 35 heavy (non-hydrogen) atoms. The molecule has 3 unspecified atom stereocenters. The number of urea groups is 1. The molecule has 0 aromatic heterocycles. The van der Waals surface area contributed by atoms with Crippen molar-refractivity contribution in [3.05, 3.63) is 46.2 Å². The Morgan fingerprint density at radius 3 is 2.80 bits per heavy atom. The summed E-state index contributed by atoms with van der Waals surface area (Å²) in [6.45, 7) is 2.93. The van der Waals surface area contributed by atoms with Crippen molar-refractivity contribution in [2.24, 2.45) is 4.99 Å². The maximum Gasteiger partial charge on any atom is 0.326 e.